The third-order valence-corrected chi connectivity index (χ3v) is 7.77. The van der Waals surface area contributed by atoms with Gasteiger partial charge in [0, 0.05) is 42.0 Å². The predicted octanol–water partition coefficient (Wildman–Crippen LogP) is 2.96. The number of benzene rings is 2. The summed E-state index contributed by atoms with van der Waals surface area (Å²) in [4.78, 5) is 39.1. The Labute approximate surface area is 220 Å². The van der Waals surface area contributed by atoms with Crippen LogP contribution in [0.25, 0.3) is 27.6 Å². The number of aromatic nitrogens is 1. The van der Waals surface area contributed by atoms with Gasteiger partial charge in [0.25, 0.3) is 5.91 Å². The smallest absolute Gasteiger partial charge is 0.330 e. The van der Waals surface area contributed by atoms with Crippen LogP contribution in [0.3, 0.4) is 0 Å². The van der Waals surface area contributed by atoms with E-state index in [0.717, 1.165) is 45.5 Å². The fraction of sp³-hybridized carbons (Fsp3) is 0.222. The van der Waals surface area contributed by atoms with Gasteiger partial charge in [0.1, 0.15) is 0 Å². The minimum Gasteiger partial charge on any atom is -0.466 e. The molecule has 4 N–H and O–H groups in total. The Balaban J connectivity index is 1.75. The zero-order valence-corrected chi connectivity index (χ0v) is 22.0. The van der Waals surface area contributed by atoms with Crippen LogP contribution < -0.4 is 11.1 Å². The molecule has 0 atom stereocenters. The van der Waals surface area contributed by atoms with Crippen LogP contribution >= 0.6 is 0 Å². The fourth-order valence-electron chi connectivity index (χ4n) is 4.48. The molecule has 1 aliphatic rings. The van der Waals surface area contributed by atoms with Gasteiger partial charge in [-0.15, -0.1) is 0 Å². The molecule has 2 heterocycles. The van der Waals surface area contributed by atoms with Crippen LogP contribution in [0.5, 0.6) is 0 Å². The number of rotatable bonds is 7. The van der Waals surface area contributed by atoms with Crippen molar-refractivity contribution in [2.24, 2.45) is 5.73 Å². The van der Waals surface area contributed by atoms with Crippen molar-refractivity contribution in [3.63, 3.8) is 0 Å². The number of esters is 1. The third-order valence-electron chi connectivity index (χ3n) is 6.50. The summed E-state index contributed by atoms with van der Waals surface area (Å²) in [6, 6.07) is 10.9. The second-order valence-corrected chi connectivity index (χ2v) is 10.9. The van der Waals surface area contributed by atoms with E-state index < -0.39 is 27.8 Å². The standard InChI is InChI=1S/C27H28N4O6S/c1-16-18(5-4-6-22(16)29-24(32)9-10-25(33)37-2)19-7-8-20(27(28)34)26-21(19)15-23(30-26)17-11-13-31(14-12-17)38(3,35)36/h4-11,15,30H,12-14H2,1-3H3,(H2,28,34)(H,29,32)/b10-9-. The molecule has 0 fully saturated rings. The number of ether oxygens (including phenoxy) is 1. The molecular formula is C27H28N4O6S. The van der Waals surface area contributed by atoms with E-state index in [0.29, 0.717) is 29.7 Å². The van der Waals surface area contributed by atoms with Crippen LogP contribution in [0, 0.1) is 6.92 Å². The molecule has 2 aromatic carbocycles. The summed E-state index contributed by atoms with van der Waals surface area (Å²) in [6.45, 7) is 2.49. The second kappa shape index (κ2) is 10.6. The fourth-order valence-corrected chi connectivity index (χ4v) is 5.25. The molecule has 1 aromatic heterocycles. The summed E-state index contributed by atoms with van der Waals surface area (Å²) < 4.78 is 29.7. The average Bonchev–Trinajstić information content (AvgIpc) is 3.33. The van der Waals surface area contributed by atoms with Crippen molar-refractivity contribution in [2.75, 3.05) is 31.8 Å². The van der Waals surface area contributed by atoms with E-state index in [4.69, 9.17) is 5.73 Å². The molecule has 38 heavy (non-hydrogen) atoms. The number of nitrogens with one attached hydrogen (secondary N) is 2. The van der Waals surface area contributed by atoms with Crippen LogP contribution in [-0.2, 0) is 24.3 Å². The van der Waals surface area contributed by atoms with Crippen LogP contribution in [0.15, 0.2) is 54.6 Å². The van der Waals surface area contributed by atoms with E-state index in [1.807, 2.05) is 31.2 Å². The van der Waals surface area contributed by atoms with Crippen molar-refractivity contribution in [2.45, 2.75) is 13.3 Å². The average molecular weight is 537 g/mol. The van der Waals surface area contributed by atoms with Gasteiger partial charge in [0.05, 0.1) is 24.4 Å². The molecule has 0 bridgehead atoms. The van der Waals surface area contributed by atoms with Gasteiger partial charge in [-0.2, -0.15) is 4.31 Å². The maximum atomic E-state index is 12.3. The largest absolute Gasteiger partial charge is 0.466 e. The minimum atomic E-state index is -3.28. The van der Waals surface area contributed by atoms with Gasteiger partial charge < -0.3 is 20.8 Å². The first-order valence-electron chi connectivity index (χ1n) is 11.8. The van der Waals surface area contributed by atoms with Crippen LogP contribution in [0.2, 0.25) is 0 Å². The number of amides is 2. The molecule has 1 aliphatic heterocycles. The lowest BCUT2D eigenvalue weighted by Crippen LogP contribution is -2.33. The molecule has 198 valence electrons. The van der Waals surface area contributed by atoms with Crippen molar-refractivity contribution >= 4 is 50.0 Å². The number of nitrogens with two attached hydrogens (primary N) is 1. The van der Waals surface area contributed by atoms with Gasteiger partial charge in [-0.25, -0.2) is 13.2 Å². The maximum Gasteiger partial charge on any atom is 0.330 e. The Hall–Kier alpha value is -4.22. The number of sulfonamides is 1. The first-order valence-corrected chi connectivity index (χ1v) is 13.6. The highest BCUT2D eigenvalue weighted by molar-refractivity contribution is 7.88. The first-order chi connectivity index (χ1) is 18.0. The molecule has 0 saturated heterocycles. The molecule has 10 nitrogen and oxygen atoms in total. The quantitative estimate of drug-likeness (QED) is 0.312. The van der Waals surface area contributed by atoms with Crippen LogP contribution in [0.4, 0.5) is 5.69 Å². The maximum absolute atomic E-state index is 12.3. The Morgan fingerprint density at radius 1 is 1.13 bits per heavy atom. The molecule has 0 saturated carbocycles. The van der Waals surface area contributed by atoms with Crippen LogP contribution in [-0.4, -0.2) is 61.9 Å². The van der Waals surface area contributed by atoms with Gasteiger partial charge >= 0.3 is 5.97 Å². The normalized spacial score (nSPS) is 14.4. The Bertz CT molecular complexity index is 1620. The lowest BCUT2D eigenvalue weighted by molar-refractivity contribution is -0.135. The highest BCUT2D eigenvalue weighted by atomic mass is 32.2. The Morgan fingerprint density at radius 3 is 2.53 bits per heavy atom. The highest BCUT2D eigenvalue weighted by Crippen LogP contribution is 2.37. The molecule has 0 radical (unpaired) electrons. The van der Waals surface area contributed by atoms with Crippen molar-refractivity contribution in [1.29, 1.82) is 0 Å². The number of carbonyl (C=O) groups excluding carboxylic acids is 3. The predicted molar refractivity (Wildman–Crippen MR) is 146 cm³/mol. The van der Waals surface area contributed by atoms with Gasteiger partial charge in [-0.05, 0) is 53.8 Å². The molecule has 3 aromatic rings. The number of primary amides is 1. The monoisotopic (exact) mass is 536 g/mol. The minimum absolute atomic E-state index is 0.268. The van der Waals surface area contributed by atoms with E-state index >= 15 is 0 Å². The van der Waals surface area contributed by atoms with Crippen molar-refractivity contribution in [3.05, 3.63) is 71.4 Å². The second-order valence-electron chi connectivity index (χ2n) is 8.92. The number of H-pyrrole nitrogens is 1. The number of hydrogen-bond donors (Lipinski definition) is 3. The molecule has 0 unspecified atom stereocenters. The van der Waals surface area contributed by atoms with E-state index in [2.05, 4.69) is 15.0 Å². The van der Waals surface area contributed by atoms with Gasteiger partial charge in [0.2, 0.25) is 15.9 Å². The van der Waals surface area contributed by atoms with Gasteiger partial charge in [0.15, 0.2) is 0 Å². The zero-order chi connectivity index (χ0) is 27.6. The molecular weight excluding hydrogens is 508 g/mol. The molecule has 2 amide bonds. The molecule has 4 rings (SSSR count). The topological polar surface area (TPSA) is 152 Å². The Morgan fingerprint density at radius 2 is 1.89 bits per heavy atom. The van der Waals surface area contributed by atoms with E-state index in [9.17, 15) is 22.8 Å². The number of methoxy groups -OCH3 is 1. The number of carbonyl (C=O) groups is 3. The molecule has 0 aliphatic carbocycles. The summed E-state index contributed by atoms with van der Waals surface area (Å²) in [7, 11) is -2.06. The number of hydrogen-bond acceptors (Lipinski definition) is 6. The number of anilines is 1. The van der Waals surface area contributed by atoms with Crippen LogP contribution in [0.1, 0.15) is 28.0 Å². The van der Waals surface area contributed by atoms with Crippen molar-refractivity contribution in [3.8, 4) is 11.1 Å². The van der Waals surface area contributed by atoms with Gasteiger partial charge in [-0.1, -0.05) is 24.3 Å². The third kappa shape index (κ3) is 5.53. The first kappa shape index (κ1) is 26.8. The summed E-state index contributed by atoms with van der Waals surface area (Å²) in [5.74, 6) is -1.70. The van der Waals surface area contributed by atoms with E-state index in [1.54, 1.807) is 18.2 Å². The molecule has 11 heteroatoms. The molecule has 0 spiro atoms. The number of aromatic amines is 1. The lowest BCUT2D eigenvalue weighted by atomic mass is 9.94. The highest BCUT2D eigenvalue weighted by Gasteiger charge is 2.23. The SMILES string of the molecule is COC(=O)/C=C\C(=O)Nc1cccc(-c2ccc(C(N)=O)c3[nH]c(C4=CCN(S(C)(=O)=O)CC4)cc23)c1C. The summed E-state index contributed by atoms with van der Waals surface area (Å²) in [6.07, 6.45) is 5.70. The lowest BCUT2D eigenvalue weighted by Gasteiger charge is -2.23. The number of nitrogens with zero attached hydrogens (tertiary/aromatic N) is 1. The zero-order valence-electron chi connectivity index (χ0n) is 21.2. The van der Waals surface area contributed by atoms with Crippen molar-refractivity contribution in [1.82, 2.24) is 9.29 Å². The van der Waals surface area contributed by atoms with E-state index in [-0.39, 0.29) is 6.54 Å². The summed E-state index contributed by atoms with van der Waals surface area (Å²) in [5, 5.41) is 3.54. The summed E-state index contributed by atoms with van der Waals surface area (Å²) in [5.41, 5.74) is 11.3. The Kier molecular flexibility index (Phi) is 7.51. The summed E-state index contributed by atoms with van der Waals surface area (Å²) >= 11 is 0. The van der Waals surface area contributed by atoms with Gasteiger partial charge in [-0.3, -0.25) is 9.59 Å². The number of fused-ring (bicyclic) bond motifs is 1. The van der Waals surface area contributed by atoms with E-state index in [1.165, 1.54) is 17.7 Å². The van der Waals surface area contributed by atoms with Crippen molar-refractivity contribution < 1.29 is 27.5 Å².